The molecule has 0 saturated carbocycles. The average Bonchev–Trinajstić information content (AvgIpc) is 2.96. The number of nitrogens with one attached hydrogen (secondary N) is 2. The molecule has 0 radical (unpaired) electrons. The SMILES string of the molecule is COc1cc2ccc1CNC(=O)COc1cc(ccc1C)C(=O)N[C@H]1CN(C(=O)C3=C(C)OCCO3)CC[C@H]1O2. The summed E-state index contributed by atoms with van der Waals surface area (Å²) >= 11 is 0. The zero-order chi connectivity index (χ0) is 28.2. The topological polar surface area (TPSA) is 125 Å². The monoisotopic (exact) mass is 551 g/mol. The van der Waals surface area contributed by atoms with Crippen LogP contribution in [0.25, 0.3) is 0 Å². The number of methoxy groups -OCH3 is 1. The van der Waals surface area contributed by atoms with Gasteiger partial charge in [0.2, 0.25) is 5.76 Å². The molecule has 0 unspecified atom stereocenters. The third-order valence-corrected chi connectivity index (χ3v) is 7.15. The quantitative estimate of drug-likeness (QED) is 0.582. The fraction of sp³-hybridized carbons (Fsp3) is 0.414. The number of hydrogen-bond donors (Lipinski definition) is 2. The van der Waals surface area contributed by atoms with Crippen molar-refractivity contribution in [1.82, 2.24) is 15.5 Å². The number of rotatable bonds is 2. The highest BCUT2D eigenvalue weighted by atomic mass is 16.6. The predicted molar refractivity (Wildman–Crippen MR) is 143 cm³/mol. The molecule has 4 aliphatic heterocycles. The van der Waals surface area contributed by atoms with Crippen molar-refractivity contribution in [2.75, 3.05) is 40.0 Å². The maximum absolute atomic E-state index is 13.4. The van der Waals surface area contributed by atoms with Crippen LogP contribution < -0.4 is 24.8 Å². The number of ether oxygens (including phenoxy) is 5. The van der Waals surface area contributed by atoms with E-state index in [1.54, 1.807) is 49.3 Å². The van der Waals surface area contributed by atoms with Crippen LogP contribution in [0.2, 0.25) is 0 Å². The van der Waals surface area contributed by atoms with Crippen LogP contribution in [0.5, 0.6) is 17.2 Å². The van der Waals surface area contributed by atoms with Crippen molar-refractivity contribution in [2.45, 2.75) is 39.0 Å². The number of aryl methyl sites for hydroxylation is 1. The molecule has 4 aliphatic rings. The third kappa shape index (κ3) is 5.93. The van der Waals surface area contributed by atoms with Gasteiger partial charge in [-0.2, -0.15) is 0 Å². The molecule has 2 aromatic carbocycles. The molecule has 6 rings (SSSR count). The number of benzene rings is 2. The summed E-state index contributed by atoms with van der Waals surface area (Å²) in [4.78, 5) is 40.9. The molecule has 4 bridgehead atoms. The summed E-state index contributed by atoms with van der Waals surface area (Å²) in [6.07, 6.45) is 0.0328. The van der Waals surface area contributed by atoms with Crippen LogP contribution in [0.3, 0.4) is 0 Å². The number of carbonyl (C=O) groups excluding carboxylic acids is 3. The fourth-order valence-corrected chi connectivity index (χ4v) is 4.91. The van der Waals surface area contributed by atoms with E-state index in [1.165, 1.54) is 0 Å². The van der Waals surface area contributed by atoms with Crippen molar-refractivity contribution in [3.8, 4) is 17.2 Å². The summed E-state index contributed by atoms with van der Waals surface area (Å²) in [6, 6.07) is 9.90. The van der Waals surface area contributed by atoms with Crippen LogP contribution in [0, 0.1) is 6.92 Å². The number of fused-ring (bicyclic) bond motifs is 7. The summed E-state index contributed by atoms with van der Waals surface area (Å²) in [5, 5.41) is 5.89. The maximum atomic E-state index is 13.4. The molecule has 11 heteroatoms. The molecule has 0 spiro atoms. The van der Waals surface area contributed by atoms with Crippen molar-refractivity contribution in [3.05, 3.63) is 64.6 Å². The van der Waals surface area contributed by atoms with E-state index < -0.39 is 12.1 Å². The Balaban J connectivity index is 1.46. The van der Waals surface area contributed by atoms with Gasteiger partial charge in [0.05, 0.1) is 13.2 Å². The Labute approximate surface area is 232 Å². The molecule has 11 nitrogen and oxygen atoms in total. The lowest BCUT2D eigenvalue weighted by Crippen LogP contribution is -2.58. The van der Waals surface area contributed by atoms with E-state index in [0.29, 0.717) is 54.8 Å². The molecular formula is C29H33N3O8. The van der Waals surface area contributed by atoms with Gasteiger partial charge in [0.25, 0.3) is 17.7 Å². The molecule has 2 N–H and O–H groups in total. The smallest absolute Gasteiger partial charge is 0.292 e. The van der Waals surface area contributed by atoms with E-state index >= 15 is 0 Å². The average molecular weight is 552 g/mol. The Hall–Kier alpha value is -4.41. The minimum absolute atomic E-state index is 0.185. The number of allylic oxidation sites excluding steroid dienone is 1. The van der Waals surface area contributed by atoms with E-state index in [-0.39, 0.29) is 43.2 Å². The van der Waals surface area contributed by atoms with E-state index in [4.69, 9.17) is 23.7 Å². The zero-order valence-electron chi connectivity index (χ0n) is 22.8. The van der Waals surface area contributed by atoms with Gasteiger partial charge in [0.1, 0.15) is 42.3 Å². The molecule has 1 fully saturated rings. The number of piperidine rings is 1. The normalized spacial score (nSPS) is 21.4. The summed E-state index contributed by atoms with van der Waals surface area (Å²) in [6.45, 7) is 4.88. The van der Waals surface area contributed by atoms with E-state index in [0.717, 1.165) is 11.1 Å². The third-order valence-electron chi connectivity index (χ3n) is 7.15. The molecule has 0 aliphatic carbocycles. The minimum Gasteiger partial charge on any atom is -0.496 e. The standard InChI is InChI=1S/C29H33N3O8/c1-17-4-5-19-12-24(17)39-16-26(33)30-14-20-6-7-21(13-25(20)36-3)40-23-8-9-32(15-22(23)31-28(19)34)29(35)27-18(2)37-10-11-38-27/h4-7,12-13,22-23H,8-11,14-16H2,1-3H3,(H,30,33)(H,31,34)/t22-,23+/m0/s1. The highest BCUT2D eigenvalue weighted by Gasteiger charge is 2.37. The van der Waals surface area contributed by atoms with Gasteiger partial charge in [-0.25, -0.2) is 0 Å². The summed E-state index contributed by atoms with van der Waals surface area (Å²) in [5.41, 5.74) is 1.92. The van der Waals surface area contributed by atoms with Crippen LogP contribution in [-0.4, -0.2) is 74.8 Å². The Morgan fingerprint density at radius 3 is 2.67 bits per heavy atom. The molecule has 212 valence electrons. The first-order chi connectivity index (χ1) is 19.3. The second-order valence-electron chi connectivity index (χ2n) is 9.88. The van der Waals surface area contributed by atoms with Crippen LogP contribution >= 0.6 is 0 Å². The molecule has 2 aromatic rings. The van der Waals surface area contributed by atoms with E-state index in [2.05, 4.69) is 10.6 Å². The van der Waals surface area contributed by atoms with Gasteiger partial charge in [-0.1, -0.05) is 6.07 Å². The van der Waals surface area contributed by atoms with Gasteiger partial charge in [-0.05, 0) is 43.7 Å². The summed E-state index contributed by atoms with van der Waals surface area (Å²) < 4.78 is 28.8. The molecule has 1 saturated heterocycles. The van der Waals surface area contributed by atoms with Crippen LogP contribution in [0.4, 0.5) is 0 Å². The van der Waals surface area contributed by atoms with Gasteiger partial charge in [0, 0.05) is 43.2 Å². The fourth-order valence-electron chi connectivity index (χ4n) is 4.91. The summed E-state index contributed by atoms with van der Waals surface area (Å²) in [5.74, 6) is 1.20. The highest BCUT2D eigenvalue weighted by molar-refractivity contribution is 5.95. The Bertz CT molecular complexity index is 1340. The van der Waals surface area contributed by atoms with E-state index in [1.807, 2.05) is 13.0 Å². The van der Waals surface area contributed by atoms with Gasteiger partial charge in [0.15, 0.2) is 6.61 Å². The van der Waals surface area contributed by atoms with Gasteiger partial charge < -0.3 is 39.2 Å². The molecule has 40 heavy (non-hydrogen) atoms. The van der Waals surface area contributed by atoms with Gasteiger partial charge >= 0.3 is 0 Å². The number of likely N-dealkylation sites (tertiary alicyclic amines) is 1. The largest absolute Gasteiger partial charge is 0.496 e. The minimum atomic E-state index is -0.536. The molecule has 0 aromatic heterocycles. The zero-order valence-corrected chi connectivity index (χ0v) is 22.8. The predicted octanol–water partition coefficient (Wildman–Crippen LogP) is 2.07. The number of hydrogen-bond acceptors (Lipinski definition) is 8. The Morgan fingerprint density at radius 2 is 1.88 bits per heavy atom. The van der Waals surface area contributed by atoms with Crippen LogP contribution in [0.1, 0.15) is 34.8 Å². The maximum Gasteiger partial charge on any atom is 0.292 e. The second-order valence-corrected chi connectivity index (χ2v) is 9.88. The first-order valence-electron chi connectivity index (χ1n) is 13.2. The van der Waals surface area contributed by atoms with E-state index in [9.17, 15) is 14.4 Å². The highest BCUT2D eigenvalue weighted by Crippen LogP contribution is 2.29. The number of amides is 3. The number of nitrogens with zero attached hydrogens (tertiary/aromatic N) is 1. The molecule has 2 atom stereocenters. The van der Waals surface area contributed by atoms with Crippen molar-refractivity contribution in [1.29, 1.82) is 0 Å². The Morgan fingerprint density at radius 1 is 1.05 bits per heavy atom. The Kier molecular flexibility index (Phi) is 7.99. The lowest BCUT2D eigenvalue weighted by atomic mass is 10.00. The van der Waals surface area contributed by atoms with Crippen molar-refractivity contribution in [2.24, 2.45) is 0 Å². The van der Waals surface area contributed by atoms with Crippen LogP contribution in [-0.2, 0) is 25.6 Å². The van der Waals surface area contributed by atoms with Crippen molar-refractivity contribution >= 4 is 17.7 Å². The second kappa shape index (κ2) is 11.8. The van der Waals surface area contributed by atoms with Crippen LogP contribution in [0.15, 0.2) is 47.9 Å². The molecule has 3 amide bonds. The van der Waals surface area contributed by atoms with Gasteiger partial charge in [-0.15, -0.1) is 0 Å². The number of carbonyl (C=O) groups is 3. The first-order valence-corrected chi connectivity index (χ1v) is 13.2. The van der Waals surface area contributed by atoms with Gasteiger partial charge in [-0.3, -0.25) is 14.4 Å². The lowest BCUT2D eigenvalue weighted by Gasteiger charge is -2.39. The molecular weight excluding hydrogens is 518 g/mol. The van der Waals surface area contributed by atoms with Crippen molar-refractivity contribution < 1.29 is 38.1 Å². The first kappa shape index (κ1) is 27.2. The summed E-state index contributed by atoms with van der Waals surface area (Å²) in [7, 11) is 1.55. The van der Waals surface area contributed by atoms with Crippen molar-refractivity contribution in [3.63, 3.8) is 0 Å². The lowest BCUT2D eigenvalue weighted by molar-refractivity contribution is -0.135. The molecule has 4 heterocycles.